The molecule has 0 spiro atoms. The van der Waals surface area contributed by atoms with Gasteiger partial charge in [0.05, 0.1) is 18.8 Å². The normalized spacial score (nSPS) is 21.3. The Bertz CT molecular complexity index is 1040. The number of hydrogen-bond donors (Lipinski definition) is 1. The first-order valence-corrected chi connectivity index (χ1v) is 11.7. The Kier molecular flexibility index (Phi) is 9.74. The topological polar surface area (TPSA) is 85.0 Å². The van der Waals surface area contributed by atoms with Crippen molar-refractivity contribution in [2.45, 2.75) is 45.2 Å². The summed E-state index contributed by atoms with van der Waals surface area (Å²) in [7, 11) is 1.91. The lowest BCUT2D eigenvalue weighted by Crippen LogP contribution is -2.36. The van der Waals surface area contributed by atoms with Crippen LogP contribution in [0.4, 0.5) is 0 Å². The third-order valence-electron chi connectivity index (χ3n) is 5.22. The highest BCUT2D eigenvalue weighted by Gasteiger charge is 2.14. The van der Waals surface area contributed by atoms with Gasteiger partial charge in [-0.05, 0) is 37.6 Å². The number of nitrogens with zero attached hydrogens (tertiary/aromatic N) is 6. The van der Waals surface area contributed by atoms with Crippen molar-refractivity contribution in [1.29, 1.82) is 0 Å². The van der Waals surface area contributed by atoms with Crippen molar-refractivity contribution >= 4 is 30.3 Å². The van der Waals surface area contributed by atoms with Crippen molar-refractivity contribution in [3.63, 3.8) is 0 Å². The summed E-state index contributed by atoms with van der Waals surface area (Å²) in [6.07, 6.45) is 9.94. The van der Waals surface area contributed by atoms with E-state index in [4.69, 9.17) is 5.10 Å². The van der Waals surface area contributed by atoms with Gasteiger partial charge >= 0.3 is 0 Å². The summed E-state index contributed by atoms with van der Waals surface area (Å²) < 4.78 is 0. The largest absolute Gasteiger partial charge is 0.308 e. The average Bonchev–Trinajstić information content (AvgIpc) is 2.84. The van der Waals surface area contributed by atoms with Crippen LogP contribution in [-0.4, -0.2) is 79.0 Å². The number of aldehydes is 1. The number of rotatable bonds is 10. The smallest absolute Gasteiger partial charge is 0.154 e. The van der Waals surface area contributed by atoms with E-state index in [-0.39, 0.29) is 12.1 Å². The second-order valence-corrected chi connectivity index (χ2v) is 8.23. The summed E-state index contributed by atoms with van der Waals surface area (Å²) in [6.45, 7) is 6.55. The van der Waals surface area contributed by atoms with Gasteiger partial charge in [-0.1, -0.05) is 37.0 Å². The lowest BCUT2D eigenvalue weighted by Gasteiger charge is -2.22. The fourth-order valence-corrected chi connectivity index (χ4v) is 3.51. The summed E-state index contributed by atoms with van der Waals surface area (Å²) in [5, 5.41) is 16.1. The Balaban J connectivity index is 1.72. The Morgan fingerprint density at radius 2 is 2.26 bits per heavy atom. The molecule has 0 bridgehead atoms. The molecule has 8 heteroatoms. The van der Waals surface area contributed by atoms with Crippen molar-refractivity contribution in [3.8, 4) is 11.8 Å². The zero-order chi connectivity index (χ0) is 24.2. The van der Waals surface area contributed by atoms with Crippen molar-refractivity contribution in [1.82, 2.24) is 15.3 Å². The third-order valence-corrected chi connectivity index (χ3v) is 5.22. The van der Waals surface area contributed by atoms with Gasteiger partial charge in [0.25, 0.3) is 0 Å². The SMILES string of the molecule is CCCNC1C=NC(c2cccc(C/C(C)=N/N(/C=C\C=O)C3C#CCCN(C)/N=C\3)c2)=NC1. The first kappa shape index (κ1) is 25.1. The minimum Gasteiger partial charge on any atom is -0.308 e. The summed E-state index contributed by atoms with van der Waals surface area (Å²) in [5.74, 6) is 7.09. The number of hydrogen-bond acceptors (Lipinski definition) is 8. The van der Waals surface area contributed by atoms with Gasteiger partial charge in [0.2, 0.25) is 0 Å². The summed E-state index contributed by atoms with van der Waals surface area (Å²) in [6, 6.07) is 8.07. The molecule has 0 fully saturated rings. The molecule has 0 aliphatic carbocycles. The Labute approximate surface area is 202 Å². The first-order chi connectivity index (χ1) is 16.6. The molecule has 178 valence electrons. The van der Waals surface area contributed by atoms with Gasteiger partial charge in [-0.25, -0.2) is 4.99 Å². The van der Waals surface area contributed by atoms with Gasteiger partial charge < -0.3 is 5.32 Å². The molecule has 2 unspecified atom stereocenters. The van der Waals surface area contributed by atoms with Crippen molar-refractivity contribution < 1.29 is 4.79 Å². The number of benzene rings is 1. The quantitative estimate of drug-likeness (QED) is 0.192. The fraction of sp³-hybridized carbons (Fsp3) is 0.423. The van der Waals surface area contributed by atoms with Crippen LogP contribution in [-0.2, 0) is 11.2 Å². The van der Waals surface area contributed by atoms with Gasteiger partial charge in [0.15, 0.2) is 5.84 Å². The molecule has 1 aromatic rings. The highest BCUT2D eigenvalue weighted by molar-refractivity contribution is 6.05. The van der Waals surface area contributed by atoms with E-state index < -0.39 is 0 Å². The van der Waals surface area contributed by atoms with Crippen LogP contribution in [0.2, 0.25) is 0 Å². The van der Waals surface area contributed by atoms with Crippen LogP contribution in [0, 0.1) is 11.8 Å². The number of hydrazone groups is 2. The summed E-state index contributed by atoms with van der Waals surface area (Å²) in [4.78, 5) is 20.2. The van der Waals surface area contributed by atoms with E-state index in [2.05, 4.69) is 51.3 Å². The third kappa shape index (κ3) is 7.78. The van der Waals surface area contributed by atoms with E-state index >= 15 is 0 Å². The van der Waals surface area contributed by atoms with Crippen LogP contribution in [0.3, 0.4) is 0 Å². The molecule has 8 nitrogen and oxygen atoms in total. The molecule has 2 aliphatic rings. The van der Waals surface area contributed by atoms with Gasteiger partial charge in [-0.15, -0.1) is 0 Å². The zero-order valence-electron chi connectivity index (χ0n) is 20.2. The van der Waals surface area contributed by atoms with Crippen LogP contribution in [0.25, 0.3) is 0 Å². The molecular formula is C26H33N7O. The maximum atomic E-state index is 10.9. The highest BCUT2D eigenvalue weighted by Crippen LogP contribution is 2.12. The molecule has 0 saturated heterocycles. The van der Waals surface area contributed by atoms with Gasteiger partial charge in [-0.2, -0.15) is 10.2 Å². The van der Waals surface area contributed by atoms with Crippen LogP contribution in [0.15, 0.2) is 56.7 Å². The molecule has 1 aromatic carbocycles. The van der Waals surface area contributed by atoms with E-state index in [0.717, 1.165) is 54.9 Å². The predicted molar refractivity (Wildman–Crippen MR) is 140 cm³/mol. The zero-order valence-corrected chi connectivity index (χ0v) is 20.2. The Morgan fingerprint density at radius 1 is 1.38 bits per heavy atom. The molecule has 34 heavy (non-hydrogen) atoms. The second-order valence-electron chi connectivity index (χ2n) is 8.23. The van der Waals surface area contributed by atoms with E-state index in [1.54, 1.807) is 17.4 Å². The lowest BCUT2D eigenvalue weighted by atomic mass is 10.0. The number of nitrogens with one attached hydrogen (secondary N) is 1. The Hall–Kier alpha value is -3.57. The first-order valence-electron chi connectivity index (χ1n) is 11.7. The van der Waals surface area contributed by atoms with E-state index in [1.807, 2.05) is 37.3 Å². The standard InChI is InChI=1S/C26H33N7O/c1-4-12-27-24-18-28-26(29-19-24)23-10-7-9-22(17-23)16-21(2)31-33(14-8-15-34)25-11-5-6-13-32(3)30-20-25/h7-10,14-15,17-18,20,24-25,27H,4,6,12-13,16,19H2,1-3H3/b14-8-,30-20-,31-21+. The molecule has 2 heterocycles. The second kappa shape index (κ2) is 13.2. The predicted octanol–water partition coefficient (Wildman–Crippen LogP) is 2.51. The Morgan fingerprint density at radius 3 is 3.03 bits per heavy atom. The lowest BCUT2D eigenvalue weighted by molar-refractivity contribution is -0.104. The molecule has 0 aromatic heterocycles. The molecule has 0 amide bonds. The highest BCUT2D eigenvalue weighted by atomic mass is 16.1. The number of allylic oxidation sites excluding steroid dienone is 1. The van der Waals surface area contributed by atoms with Gasteiger partial charge in [-0.3, -0.25) is 19.8 Å². The molecule has 0 saturated carbocycles. The molecule has 2 atom stereocenters. The van der Waals surface area contributed by atoms with Crippen LogP contribution < -0.4 is 5.32 Å². The van der Waals surface area contributed by atoms with Gasteiger partial charge in [0.1, 0.15) is 12.3 Å². The minimum atomic E-state index is -0.347. The van der Waals surface area contributed by atoms with Crippen LogP contribution in [0.5, 0.6) is 0 Å². The van der Waals surface area contributed by atoms with Crippen molar-refractivity contribution in [2.75, 3.05) is 26.7 Å². The molecule has 0 radical (unpaired) electrons. The molecule has 2 aliphatic heterocycles. The number of amidine groups is 1. The maximum Gasteiger partial charge on any atom is 0.154 e. The van der Waals surface area contributed by atoms with Crippen molar-refractivity contribution in [3.05, 3.63) is 47.7 Å². The summed E-state index contributed by atoms with van der Waals surface area (Å²) >= 11 is 0. The molecule has 3 rings (SSSR count). The molecular weight excluding hydrogens is 426 g/mol. The molecule has 1 N–H and O–H groups in total. The monoisotopic (exact) mass is 459 g/mol. The van der Waals surface area contributed by atoms with Crippen LogP contribution >= 0.6 is 0 Å². The maximum absolute atomic E-state index is 10.9. The van der Waals surface area contributed by atoms with Crippen molar-refractivity contribution in [2.24, 2.45) is 20.2 Å². The summed E-state index contributed by atoms with van der Waals surface area (Å²) in [5.41, 5.74) is 2.99. The number of carbonyl (C=O) groups excluding carboxylic acids is 1. The minimum absolute atomic E-state index is 0.200. The van der Waals surface area contributed by atoms with Gasteiger partial charge in [0, 0.05) is 50.1 Å². The van der Waals surface area contributed by atoms with E-state index in [0.29, 0.717) is 13.0 Å². The fourth-order valence-electron chi connectivity index (χ4n) is 3.51. The average molecular weight is 460 g/mol. The van der Waals surface area contributed by atoms with E-state index in [1.165, 1.54) is 6.08 Å². The van der Waals surface area contributed by atoms with Crippen LogP contribution in [0.1, 0.15) is 37.8 Å². The van der Waals surface area contributed by atoms with E-state index in [9.17, 15) is 4.79 Å². The number of aliphatic imine (C=N–C) groups is 2. The number of carbonyl (C=O) groups is 1.